The summed E-state index contributed by atoms with van der Waals surface area (Å²) >= 11 is 0. The van der Waals surface area contributed by atoms with Gasteiger partial charge in [0.05, 0.1) is 16.3 Å². The molecule has 5 heteroatoms. The summed E-state index contributed by atoms with van der Waals surface area (Å²) in [7, 11) is 0. The van der Waals surface area contributed by atoms with Crippen LogP contribution in [0, 0.1) is 16.0 Å². The Bertz CT molecular complexity index is 434. The highest BCUT2D eigenvalue weighted by Gasteiger charge is 2.36. The van der Waals surface area contributed by atoms with Crippen LogP contribution in [0.15, 0.2) is 18.2 Å². The van der Waals surface area contributed by atoms with Gasteiger partial charge in [0.1, 0.15) is 0 Å². The molecular weight excluding hydrogens is 218 g/mol. The summed E-state index contributed by atoms with van der Waals surface area (Å²) in [4.78, 5) is 10.1. The molecule has 1 saturated carbocycles. The third-order valence-corrected chi connectivity index (χ3v) is 3.17. The number of hydrogen-bond acceptors (Lipinski definition) is 4. The number of rotatable bonds is 5. The third-order valence-electron chi connectivity index (χ3n) is 3.17. The second-order valence-corrected chi connectivity index (χ2v) is 4.56. The summed E-state index contributed by atoms with van der Waals surface area (Å²) in [5.74, 6) is 0.731. The summed E-state index contributed by atoms with van der Waals surface area (Å²) < 4.78 is 0. The molecule has 0 aliphatic heterocycles. The Hall–Kier alpha value is -1.78. The van der Waals surface area contributed by atoms with E-state index in [0.717, 1.165) is 11.6 Å². The number of nitrogens with zero attached hydrogens (tertiary/aromatic N) is 1. The van der Waals surface area contributed by atoms with E-state index in [2.05, 4.69) is 12.2 Å². The fourth-order valence-electron chi connectivity index (χ4n) is 2.11. The van der Waals surface area contributed by atoms with Crippen LogP contribution in [0.3, 0.4) is 0 Å². The molecule has 0 spiro atoms. The summed E-state index contributed by atoms with van der Waals surface area (Å²) in [6.07, 6.45) is 3.59. The van der Waals surface area contributed by atoms with Gasteiger partial charge in [0.2, 0.25) is 0 Å². The highest BCUT2D eigenvalue weighted by Crippen LogP contribution is 2.38. The van der Waals surface area contributed by atoms with Crippen molar-refractivity contribution in [2.24, 2.45) is 5.92 Å². The van der Waals surface area contributed by atoms with Crippen LogP contribution in [0.5, 0.6) is 0 Å². The van der Waals surface area contributed by atoms with Gasteiger partial charge in [-0.25, -0.2) is 0 Å². The fourth-order valence-corrected chi connectivity index (χ4v) is 2.11. The lowest BCUT2D eigenvalue weighted by Crippen LogP contribution is -2.07. The Morgan fingerprint density at radius 3 is 2.94 bits per heavy atom. The van der Waals surface area contributed by atoms with Crippen molar-refractivity contribution in [3.8, 4) is 0 Å². The third kappa shape index (κ3) is 2.67. The lowest BCUT2D eigenvalue weighted by Gasteiger charge is -2.08. The Morgan fingerprint density at radius 2 is 2.35 bits per heavy atom. The normalized spacial score (nSPS) is 22.2. The van der Waals surface area contributed by atoms with Crippen LogP contribution in [-0.4, -0.2) is 11.0 Å². The topological polar surface area (TPSA) is 81.2 Å². The number of anilines is 2. The molecule has 2 rings (SSSR count). The van der Waals surface area contributed by atoms with E-state index >= 15 is 0 Å². The molecule has 0 bridgehead atoms. The van der Waals surface area contributed by atoms with Crippen LogP contribution in [0.4, 0.5) is 17.1 Å². The van der Waals surface area contributed by atoms with Gasteiger partial charge in [-0.05, 0) is 24.8 Å². The maximum absolute atomic E-state index is 10.6. The second-order valence-electron chi connectivity index (χ2n) is 4.56. The van der Waals surface area contributed by atoms with Gasteiger partial charge in [-0.3, -0.25) is 10.1 Å². The molecule has 0 amide bonds. The predicted molar refractivity (Wildman–Crippen MR) is 67.9 cm³/mol. The van der Waals surface area contributed by atoms with E-state index < -0.39 is 4.92 Å². The number of nitrogen functional groups attached to an aromatic ring is 1. The fraction of sp³-hybridized carbons (Fsp3) is 0.500. The summed E-state index contributed by atoms with van der Waals surface area (Å²) in [5, 5.41) is 13.9. The highest BCUT2D eigenvalue weighted by atomic mass is 16.6. The molecule has 2 unspecified atom stereocenters. The minimum absolute atomic E-state index is 0.0361. The molecule has 3 N–H and O–H groups in total. The quantitative estimate of drug-likeness (QED) is 0.467. The zero-order valence-corrected chi connectivity index (χ0v) is 9.85. The van der Waals surface area contributed by atoms with Gasteiger partial charge in [-0.15, -0.1) is 0 Å². The molecule has 0 aromatic heterocycles. The lowest BCUT2D eigenvalue weighted by molar-refractivity contribution is -0.384. The van der Waals surface area contributed by atoms with E-state index in [1.807, 2.05) is 0 Å². The zero-order valence-electron chi connectivity index (χ0n) is 9.85. The molecule has 1 fully saturated rings. The standard InChI is InChI=1S/C12H17N3O2/c1-2-3-8-6-12(8)14-11-5-4-9(15(16)17)7-10(11)13/h4-5,7-8,12,14H,2-3,6,13H2,1H3. The van der Waals surface area contributed by atoms with Crippen LogP contribution >= 0.6 is 0 Å². The van der Waals surface area contributed by atoms with Crippen molar-refractivity contribution in [2.45, 2.75) is 32.2 Å². The number of hydrogen-bond donors (Lipinski definition) is 2. The van der Waals surface area contributed by atoms with Crippen molar-refractivity contribution in [2.75, 3.05) is 11.1 Å². The van der Waals surface area contributed by atoms with E-state index in [0.29, 0.717) is 11.7 Å². The van der Waals surface area contributed by atoms with Gasteiger partial charge >= 0.3 is 0 Å². The van der Waals surface area contributed by atoms with Crippen molar-refractivity contribution in [1.82, 2.24) is 0 Å². The molecule has 0 radical (unpaired) electrons. The van der Waals surface area contributed by atoms with Crippen molar-refractivity contribution >= 4 is 17.1 Å². The molecule has 2 atom stereocenters. The first kappa shape index (κ1) is 11.7. The van der Waals surface area contributed by atoms with Gasteiger partial charge in [0.25, 0.3) is 5.69 Å². The first-order valence-corrected chi connectivity index (χ1v) is 5.92. The summed E-state index contributed by atoms with van der Waals surface area (Å²) in [6.45, 7) is 2.18. The van der Waals surface area contributed by atoms with Gasteiger partial charge in [-0.2, -0.15) is 0 Å². The van der Waals surface area contributed by atoms with E-state index in [4.69, 9.17) is 5.73 Å². The number of nitrogens with two attached hydrogens (primary N) is 1. The number of nitro benzene ring substituents is 1. The molecule has 1 aromatic rings. The first-order chi connectivity index (χ1) is 8.11. The Kier molecular flexibility index (Phi) is 3.17. The maximum atomic E-state index is 10.6. The smallest absolute Gasteiger partial charge is 0.271 e. The van der Waals surface area contributed by atoms with Crippen LogP contribution < -0.4 is 11.1 Å². The van der Waals surface area contributed by atoms with Crippen LogP contribution in [0.25, 0.3) is 0 Å². The monoisotopic (exact) mass is 235 g/mol. The predicted octanol–water partition coefficient (Wildman–Crippen LogP) is 2.78. The molecule has 1 aromatic carbocycles. The van der Waals surface area contributed by atoms with Gasteiger partial charge in [-0.1, -0.05) is 13.3 Å². The van der Waals surface area contributed by atoms with Crippen molar-refractivity contribution < 1.29 is 4.92 Å². The van der Waals surface area contributed by atoms with Crippen LogP contribution in [0.1, 0.15) is 26.2 Å². The van der Waals surface area contributed by atoms with E-state index in [1.165, 1.54) is 31.4 Å². The Balaban J connectivity index is 2.00. The second kappa shape index (κ2) is 4.61. The van der Waals surface area contributed by atoms with Crippen LogP contribution in [-0.2, 0) is 0 Å². The number of non-ortho nitro benzene ring substituents is 1. The van der Waals surface area contributed by atoms with Gasteiger partial charge < -0.3 is 11.1 Å². The molecule has 0 saturated heterocycles. The molecular formula is C12H17N3O2. The number of nitrogens with one attached hydrogen (secondary N) is 1. The van der Waals surface area contributed by atoms with Crippen molar-refractivity contribution in [3.05, 3.63) is 28.3 Å². The van der Waals surface area contributed by atoms with Crippen LogP contribution in [0.2, 0.25) is 0 Å². The molecule has 17 heavy (non-hydrogen) atoms. The van der Waals surface area contributed by atoms with E-state index in [1.54, 1.807) is 6.07 Å². The lowest BCUT2D eigenvalue weighted by atomic mass is 10.2. The van der Waals surface area contributed by atoms with Crippen molar-refractivity contribution in [3.63, 3.8) is 0 Å². The molecule has 1 aliphatic carbocycles. The minimum atomic E-state index is -0.433. The highest BCUT2D eigenvalue weighted by molar-refractivity contribution is 5.70. The maximum Gasteiger partial charge on any atom is 0.271 e. The Labute approximate surface area is 100 Å². The molecule has 1 aliphatic rings. The molecule has 92 valence electrons. The Morgan fingerprint density at radius 1 is 1.59 bits per heavy atom. The van der Waals surface area contributed by atoms with Gasteiger partial charge in [0, 0.05) is 18.2 Å². The molecule has 5 nitrogen and oxygen atoms in total. The average molecular weight is 235 g/mol. The van der Waals surface area contributed by atoms with Gasteiger partial charge in [0.15, 0.2) is 0 Å². The first-order valence-electron chi connectivity index (χ1n) is 5.92. The van der Waals surface area contributed by atoms with E-state index in [9.17, 15) is 10.1 Å². The average Bonchev–Trinajstić information content (AvgIpc) is 3.00. The zero-order chi connectivity index (χ0) is 12.4. The summed E-state index contributed by atoms with van der Waals surface area (Å²) in [6, 6.07) is 5.06. The molecule has 0 heterocycles. The van der Waals surface area contributed by atoms with E-state index in [-0.39, 0.29) is 5.69 Å². The number of nitro groups is 1. The van der Waals surface area contributed by atoms with Crippen molar-refractivity contribution in [1.29, 1.82) is 0 Å². The SMILES string of the molecule is CCCC1CC1Nc1ccc([N+](=O)[O-])cc1N. The minimum Gasteiger partial charge on any atom is -0.397 e. The number of benzene rings is 1. The summed E-state index contributed by atoms with van der Waals surface area (Å²) in [5.41, 5.74) is 7.07. The largest absolute Gasteiger partial charge is 0.397 e.